The average Bonchev–Trinajstić information content (AvgIpc) is 2.05. The van der Waals surface area contributed by atoms with E-state index in [0.717, 1.165) is 12.5 Å². The third kappa shape index (κ3) is 1.03. The summed E-state index contributed by atoms with van der Waals surface area (Å²) in [6, 6.07) is 0. The van der Waals surface area contributed by atoms with E-state index in [-0.39, 0.29) is 0 Å². The molecule has 0 aromatic heterocycles. The van der Waals surface area contributed by atoms with E-state index >= 15 is 0 Å². The molecule has 2 heterocycles. The lowest BCUT2D eigenvalue weighted by molar-refractivity contribution is -0.0809. The van der Waals surface area contributed by atoms with Crippen LogP contribution in [0.3, 0.4) is 0 Å². The van der Waals surface area contributed by atoms with Crippen LogP contribution in [0.1, 0.15) is 27.2 Å². The van der Waals surface area contributed by atoms with Gasteiger partial charge in [0.25, 0.3) is 0 Å². The number of ether oxygens (including phenoxy) is 1. The summed E-state index contributed by atoms with van der Waals surface area (Å²) < 4.78 is 5.64. The second kappa shape index (κ2) is 2.59. The lowest BCUT2D eigenvalue weighted by atomic mass is 9.62. The largest absolute Gasteiger partial charge is 0.374 e. The van der Waals surface area contributed by atoms with Crippen LogP contribution in [0.15, 0.2) is 12.2 Å². The molecule has 0 saturated carbocycles. The van der Waals surface area contributed by atoms with Gasteiger partial charge in [-0.25, -0.2) is 0 Å². The summed E-state index contributed by atoms with van der Waals surface area (Å²) in [5, 5.41) is 0. The van der Waals surface area contributed by atoms with Gasteiger partial charge >= 0.3 is 0 Å². The van der Waals surface area contributed by atoms with Crippen LogP contribution in [0, 0.1) is 17.3 Å². The molecule has 0 aromatic carbocycles. The molecule has 3 rings (SSSR count). The summed E-state index contributed by atoms with van der Waals surface area (Å²) in [5.41, 5.74) is 0.484. The SMILES string of the molecule is CC(C)C1(C)CC2C=CC1CO2. The second-order valence-electron chi connectivity index (χ2n) is 4.73. The molecule has 1 saturated heterocycles. The Morgan fingerprint density at radius 3 is 2.42 bits per heavy atom. The molecule has 12 heavy (non-hydrogen) atoms. The van der Waals surface area contributed by atoms with Crippen molar-refractivity contribution in [3.63, 3.8) is 0 Å². The Bertz CT molecular complexity index is 207. The van der Waals surface area contributed by atoms with Crippen molar-refractivity contribution in [3.05, 3.63) is 12.2 Å². The van der Waals surface area contributed by atoms with Crippen LogP contribution >= 0.6 is 0 Å². The minimum absolute atomic E-state index is 0.405. The van der Waals surface area contributed by atoms with E-state index in [0.29, 0.717) is 17.4 Å². The molecule has 1 heteroatoms. The van der Waals surface area contributed by atoms with Gasteiger partial charge < -0.3 is 4.74 Å². The van der Waals surface area contributed by atoms with E-state index < -0.39 is 0 Å². The van der Waals surface area contributed by atoms with Crippen LogP contribution in [-0.4, -0.2) is 12.7 Å². The molecular weight excluding hydrogens is 148 g/mol. The summed E-state index contributed by atoms with van der Waals surface area (Å²) in [6.45, 7) is 8.00. The zero-order valence-electron chi connectivity index (χ0n) is 8.21. The minimum Gasteiger partial charge on any atom is -0.374 e. The molecule has 1 aliphatic carbocycles. The number of hydrogen-bond acceptors (Lipinski definition) is 1. The summed E-state index contributed by atoms with van der Waals surface area (Å²) in [5.74, 6) is 1.42. The van der Waals surface area contributed by atoms with Crippen LogP contribution in [-0.2, 0) is 4.74 Å². The molecule has 0 amide bonds. The Kier molecular flexibility index (Phi) is 1.80. The van der Waals surface area contributed by atoms with Crippen LogP contribution in [0.25, 0.3) is 0 Å². The van der Waals surface area contributed by atoms with Crippen LogP contribution in [0.4, 0.5) is 0 Å². The Labute approximate surface area is 74.8 Å². The average molecular weight is 166 g/mol. The quantitative estimate of drug-likeness (QED) is 0.544. The van der Waals surface area contributed by atoms with Crippen LogP contribution < -0.4 is 0 Å². The fourth-order valence-electron chi connectivity index (χ4n) is 2.38. The Morgan fingerprint density at radius 2 is 2.17 bits per heavy atom. The molecule has 2 aliphatic heterocycles. The van der Waals surface area contributed by atoms with Crippen molar-refractivity contribution >= 4 is 0 Å². The van der Waals surface area contributed by atoms with E-state index in [9.17, 15) is 0 Å². The highest BCUT2D eigenvalue weighted by Crippen LogP contribution is 2.47. The third-order valence-corrected chi connectivity index (χ3v) is 3.85. The van der Waals surface area contributed by atoms with Gasteiger partial charge in [0.1, 0.15) is 0 Å². The van der Waals surface area contributed by atoms with Crippen molar-refractivity contribution in [1.29, 1.82) is 0 Å². The van der Waals surface area contributed by atoms with Gasteiger partial charge in [-0.15, -0.1) is 0 Å². The maximum absolute atomic E-state index is 5.64. The molecule has 0 radical (unpaired) electrons. The maximum Gasteiger partial charge on any atom is 0.0761 e. The zero-order chi connectivity index (χ0) is 8.77. The monoisotopic (exact) mass is 166 g/mol. The lowest BCUT2D eigenvalue weighted by Crippen LogP contribution is -2.46. The highest BCUT2D eigenvalue weighted by molar-refractivity contribution is 5.11. The first kappa shape index (κ1) is 8.31. The molecule has 1 fully saturated rings. The van der Waals surface area contributed by atoms with Gasteiger partial charge in [-0.2, -0.15) is 0 Å². The first-order valence-corrected chi connectivity index (χ1v) is 4.93. The molecule has 0 aromatic rings. The van der Waals surface area contributed by atoms with Gasteiger partial charge in [0, 0.05) is 5.92 Å². The Hall–Kier alpha value is -0.300. The van der Waals surface area contributed by atoms with E-state index in [2.05, 4.69) is 32.9 Å². The van der Waals surface area contributed by atoms with Gasteiger partial charge in [0.05, 0.1) is 12.7 Å². The van der Waals surface area contributed by atoms with Gasteiger partial charge in [-0.1, -0.05) is 32.9 Å². The number of hydrogen-bond donors (Lipinski definition) is 0. The van der Waals surface area contributed by atoms with Crippen molar-refractivity contribution in [2.45, 2.75) is 33.3 Å². The number of fused-ring (bicyclic) bond motifs is 2. The van der Waals surface area contributed by atoms with Crippen molar-refractivity contribution in [3.8, 4) is 0 Å². The lowest BCUT2D eigenvalue weighted by Gasteiger charge is -2.48. The molecule has 68 valence electrons. The molecule has 1 nitrogen and oxygen atoms in total. The smallest absolute Gasteiger partial charge is 0.0761 e. The molecule has 0 N–H and O–H groups in total. The first-order valence-electron chi connectivity index (χ1n) is 4.93. The second-order valence-corrected chi connectivity index (χ2v) is 4.73. The Balaban J connectivity index is 2.25. The van der Waals surface area contributed by atoms with Crippen molar-refractivity contribution in [2.75, 3.05) is 6.61 Å². The predicted octanol–water partition coefficient (Wildman–Crippen LogP) is 2.62. The topological polar surface area (TPSA) is 9.23 Å². The highest BCUT2D eigenvalue weighted by atomic mass is 16.5. The third-order valence-electron chi connectivity index (χ3n) is 3.85. The molecular formula is C11H18O. The van der Waals surface area contributed by atoms with Crippen LogP contribution in [0.5, 0.6) is 0 Å². The summed E-state index contributed by atoms with van der Waals surface area (Å²) >= 11 is 0. The fourth-order valence-corrected chi connectivity index (χ4v) is 2.38. The minimum atomic E-state index is 0.405. The number of rotatable bonds is 1. The zero-order valence-corrected chi connectivity index (χ0v) is 8.21. The molecule has 3 unspecified atom stereocenters. The van der Waals surface area contributed by atoms with Gasteiger partial charge in [-0.05, 0) is 17.8 Å². The molecule has 2 bridgehead atoms. The van der Waals surface area contributed by atoms with E-state index in [1.165, 1.54) is 6.42 Å². The summed E-state index contributed by atoms with van der Waals surface area (Å²) in [7, 11) is 0. The standard InChI is InChI=1S/C11H18O/c1-8(2)11(3)6-10-5-4-9(11)7-12-10/h4-5,8-10H,6-7H2,1-3H3. The first-order chi connectivity index (χ1) is 5.63. The summed E-state index contributed by atoms with van der Waals surface area (Å²) in [6.07, 6.45) is 6.21. The normalized spacial score (nSPS) is 45.7. The van der Waals surface area contributed by atoms with Gasteiger partial charge in [0.15, 0.2) is 0 Å². The molecule has 3 aliphatic rings. The molecule has 0 spiro atoms. The summed E-state index contributed by atoms with van der Waals surface area (Å²) in [4.78, 5) is 0. The van der Waals surface area contributed by atoms with Crippen LogP contribution in [0.2, 0.25) is 0 Å². The predicted molar refractivity (Wildman–Crippen MR) is 49.9 cm³/mol. The fraction of sp³-hybridized carbons (Fsp3) is 0.818. The van der Waals surface area contributed by atoms with E-state index in [4.69, 9.17) is 4.74 Å². The van der Waals surface area contributed by atoms with Crippen molar-refractivity contribution < 1.29 is 4.74 Å². The van der Waals surface area contributed by atoms with Gasteiger partial charge in [0.2, 0.25) is 0 Å². The van der Waals surface area contributed by atoms with E-state index in [1.807, 2.05) is 0 Å². The Morgan fingerprint density at radius 1 is 1.42 bits per heavy atom. The highest BCUT2D eigenvalue weighted by Gasteiger charge is 2.43. The van der Waals surface area contributed by atoms with Gasteiger partial charge in [-0.3, -0.25) is 0 Å². The molecule has 3 atom stereocenters. The van der Waals surface area contributed by atoms with Crippen molar-refractivity contribution in [2.24, 2.45) is 17.3 Å². The van der Waals surface area contributed by atoms with Crippen molar-refractivity contribution in [1.82, 2.24) is 0 Å². The van der Waals surface area contributed by atoms with E-state index in [1.54, 1.807) is 0 Å². The maximum atomic E-state index is 5.64.